The maximum absolute atomic E-state index is 12.0. The van der Waals surface area contributed by atoms with Gasteiger partial charge in [-0.15, -0.1) is 0 Å². The van der Waals surface area contributed by atoms with Crippen LogP contribution in [0.3, 0.4) is 0 Å². The highest BCUT2D eigenvalue weighted by Crippen LogP contribution is 2.09. The van der Waals surface area contributed by atoms with E-state index >= 15 is 0 Å². The molecular formula is C13H11ClN2O3. The van der Waals surface area contributed by atoms with Crippen molar-refractivity contribution in [3.05, 3.63) is 67.4 Å². The molecule has 0 aliphatic heterocycles. The van der Waals surface area contributed by atoms with E-state index in [2.05, 4.69) is 4.98 Å². The van der Waals surface area contributed by atoms with Gasteiger partial charge in [-0.3, -0.25) is 14.2 Å². The monoisotopic (exact) mass is 278 g/mol. The fourth-order valence-corrected chi connectivity index (χ4v) is 1.81. The Morgan fingerprint density at radius 1 is 1.26 bits per heavy atom. The molecular weight excluding hydrogens is 268 g/mol. The predicted octanol–water partition coefficient (Wildman–Crippen LogP) is 1.44. The summed E-state index contributed by atoms with van der Waals surface area (Å²) < 4.78 is 0.986. The zero-order chi connectivity index (χ0) is 14.0. The summed E-state index contributed by atoms with van der Waals surface area (Å²) in [4.78, 5) is 37.3. The number of hydrogen-bond acceptors (Lipinski definition) is 3. The van der Waals surface area contributed by atoms with E-state index in [1.165, 1.54) is 6.92 Å². The number of hydrogen-bond donors (Lipinski definition) is 1. The lowest BCUT2D eigenvalue weighted by Crippen LogP contribution is -2.37. The molecule has 0 saturated heterocycles. The Balaban J connectivity index is 2.48. The van der Waals surface area contributed by atoms with Crippen LogP contribution in [0.5, 0.6) is 0 Å². The summed E-state index contributed by atoms with van der Waals surface area (Å²) in [6.07, 6.45) is 1.14. The molecule has 0 fully saturated rings. The average molecular weight is 279 g/mol. The molecule has 1 aromatic carbocycles. The van der Waals surface area contributed by atoms with Crippen molar-refractivity contribution in [1.82, 2.24) is 9.55 Å². The summed E-state index contributed by atoms with van der Waals surface area (Å²) in [5.74, 6) is -0.383. The van der Waals surface area contributed by atoms with Gasteiger partial charge in [0.05, 0.1) is 12.1 Å². The first-order chi connectivity index (χ1) is 8.99. The maximum Gasteiger partial charge on any atom is 0.328 e. The fraction of sp³-hybridized carbons (Fsp3) is 0.154. The van der Waals surface area contributed by atoms with E-state index in [-0.39, 0.29) is 17.9 Å². The zero-order valence-corrected chi connectivity index (χ0v) is 10.9. The van der Waals surface area contributed by atoms with Crippen LogP contribution in [0.4, 0.5) is 0 Å². The minimum atomic E-state index is -0.591. The van der Waals surface area contributed by atoms with Crippen LogP contribution in [-0.4, -0.2) is 15.3 Å². The average Bonchev–Trinajstić information content (AvgIpc) is 2.36. The van der Waals surface area contributed by atoms with Crippen molar-refractivity contribution in [1.29, 1.82) is 0 Å². The molecule has 0 atom stereocenters. The van der Waals surface area contributed by atoms with E-state index in [4.69, 9.17) is 11.6 Å². The number of benzene rings is 1. The molecule has 1 heterocycles. The van der Waals surface area contributed by atoms with E-state index in [0.29, 0.717) is 5.02 Å². The first kappa shape index (κ1) is 13.3. The van der Waals surface area contributed by atoms with Gasteiger partial charge >= 0.3 is 5.69 Å². The zero-order valence-electron chi connectivity index (χ0n) is 10.1. The summed E-state index contributed by atoms with van der Waals surface area (Å²) in [7, 11) is 0. The minimum absolute atomic E-state index is 0.0337. The molecule has 0 bridgehead atoms. The van der Waals surface area contributed by atoms with Gasteiger partial charge in [0.2, 0.25) is 0 Å². The van der Waals surface area contributed by atoms with Gasteiger partial charge < -0.3 is 4.98 Å². The summed E-state index contributed by atoms with van der Waals surface area (Å²) in [5, 5.41) is 0.572. The second kappa shape index (κ2) is 5.24. The molecule has 5 nitrogen and oxygen atoms in total. The Kier molecular flexibility index (Phi) is 3.66. The Morgan fingerprint density at radius 3 is 2.47 bits per heavy atom. The Labute approximate surface area is 113 Å². The van der Waals surface area contributed by atoms with Crippen molar-refractivity contribution in [2.24, 2.45) is 0 Å². The van der Waals surface area contributed by atoms with Crippen molar-refractivity contribution in [3.8, 4) is 0 Å². The van der Waals surface area contributed by atoms with Gasteiger partial charge in [0.25, 0.3) is 5.56 Å². The highest BCUT2D eigenvalue weighted by molar-refractivity contribution is 6.30. The van der Waals surface area contributed by atoms with Gasteiger partial charge in [0.1, 0.15) is 0 Å². The number of carbonyl (C=O) groups is 1. The van der Waals surface area contributed by atoms with E-state index in [9.17, 15) is 14.4 Å². The molecule has 0 aliphatic carbocycles. The van der Waals surface area contributed by atoms with Gasteiger partial charge in [-0.2, -0.15) is 0 Å². The largest absolute Gasteiger partial charge is 0.328 e. The molecule has 2 rings (SSSR count). The summed E-state index contributed by atoms with van der Waals surface area (Å²) in [5.41, 5.74) is -0.428. The van der Waals surface area contributed by atoms with Gasteiger partial charge in [0, 0.05) is 11.2 Å². The van der Waals surface area contributed by atoms with E-state index in [0.717, 1.165) is 16.3 Å². The molecule has 0 saturated carbocycles. The highest BCUT2D eigenvalue weighted by atomic mass is 35.5. The third-order valence-electron chi connectivity index (χ3n) is 2.69. The van der Waals surface area contributed by atoms with E-state index in [1.54, 1.807) is 24.3 Å². The molecule has 1 aromatic heterocycles. The summed E-state index contributed by atoms with van der Waals surface area (Å²) in [6.45, 7) is 1.37. The van der Waals surface area contributed by atoms with Crippen LogP contribution in [0.1, 0.15) is 22.8 Å². The Morgan fingerprint density at radius 2 is 1.89 bits per heavy atom. The van der Waals surface area contributed by atoms with Gasteiger partial charge in [-0.25, -0.2) is 4.79 Å². The molecule has 0 unspecified atom stereocenters. The lowest BCUT2D eigenvalue weighted by molar-refractivity contribution is 0.101. The van der Waals surface area contributed by atoms with Crippen LogP contribution in [-0.2, 0) is 6.54 Å². The molecule has 2 aromatic rings. The normalized spacial score (nSPS) is 10.4. The van der Waals surface area contributed by atoms with Gasteiger partial charge in [-0.1, -0.05) is 23.7 Å². The van der Waals surface area contributed by atoms with Crippen LogP contribution < -0.4 is 11.2 Å². The molecule has 0 amide bonds. The topological polar surface area (TPSA) is 71.9 Å². The van der Waals surface area contributed by atoms with Crippen molar-refractivity contribution >= 4 is 17.4 Å². The molecule has 0 aliphatic rings. The predicted molar refractivity (Wildman–Crippen MR) is 71.9 cm³/mol. The molecule has 6 heteroatoms. The number of halogens is 1. The van der Waals surface area contributed by atoms with Crippen LogP contribution in [0, 0.1) is 0 Å². The molecule has 19 heavy (non-hydrogen) atoms. The van der Waals surface area contributed by atoms with Crippen molar-refractivity contribution in [2.75, 3.05) is 0 Å². The Bertz CT molecular complexity index is 729. The Hall–Kier alpha value is -2.14. The second-order valence-corrected chi connectivity index (χ2v) is 4.52. The number of aromatic amines is 1. The highest BCUT2D eigenvalue weighted by Gasteiger charge is 2.11. The lowest BCUT2D eigenvalue weighted by Gasteiger charge is -2.06. The minimum Gasteiger partial charge on any atom is -0.313 e. The quantitative estimate of drug-likeness (QED) is 0.864. The van der Waals surface area contributed by atoms with Gasteiger partial charge in [-0.05, 0) is 24.6 Å². The summed E-state index contributed by atoms with van der Waals surface area (Å²) >= 11 is 5.76. The van der Waals surface area contributed by atoms with Crippen molar-refractivity contribution in [3.63, 3.8) is 0 Å². The van der Waals surface area contributed by atoms with Crippen molar-refractivity contribution in [2.45, 2.75) is 13.5 Å². The van der Waals surface area contributed by atoms with Crippen LogP contribution in [0.25, 0.3) is 0 Å². The van der Waals surface area contributed by atoms with E-state index < -0.39 is 11.2 Å². The molecule has 98 valence electrons. The standard InChI is InChI=1S/C13H11ClN2O3/c1-8(17)11-6-15-13(19)16(12(11)18)7-9-2-4-10(14)5-3-9/h2-6H,7H2,1H3,(H,15,19). The number of H-pyrrole nitrogens is 1. The SMILES string of the molecule is CC(=O)c1c[nH]c(=O)n(Cc2ccc(Cl)cc2)c1=O. The smallest absolute Gasteiger partial charge is 0.313 e. The maximum atomic E-state index is 12.0. The van der Waals surface area contributed by atoms with Crippen LogP contribution in [0.2, 0.25) is 5.02 Å². The molecule has 0 spiro atoms. The number of carbonyl (C=O) groups excluding carboxylic acids is 1. The van der Waals surface area contributed by atoms with Gasteiger partial charge in [0.15, 0.2) is 5.78 Å². The molecule has 1 N–H and O–H groups in total. The molecule has 0 radical (unpaired) electrons. The number of rotatable bonds is 3. The summed E-state index contributed by atoms with van der Waals surface area (Å²) in [6, 6.07) is 6.78. The number of aromatic nitrogens is 2. The van der Waals surface area contributed by atoms with E-state index in [1.807, 2.05) is 0 Å². The number of ketones is 1. The third kappa shape index (κ3) is 2.82. The lowest BCUT2D eigenvalue weighted by atomic mass is 10.2. The first-order valence-electron chi connectivity index (χ1n) is 5.57. The van der Waals surface area contributed by atoms with Crippen LogP contribution >= 0.6 is 11.6 Å². The number of nitrogens with one attached hydrogen (secondary N) is 1. The first-order valence-corrected chi connectivity index (χ1v) is 5.95. The number of Topliss-reactive ketones (excluding diaryl/α,β-unsaturated/α-hetero) is 1. The van der Waals surface area contributed by atoms with Crippen molar-refractivity contribution < 1.29 is 4.79 Å². The fourth-order valence-electron chi connectivity index (χ4n) is 1.68. The third-order valence-corrected chi connectivity index (χ3v) is 2.95. The van der Waals surface area contributed by atoms with Crippen LogP contribution in [0.15, 0.2) is 40.1 Å². The second-order valence-electron chi connectivity index (χ2n) is 4.08. The number of nitrogens with zero attached hydrogens (tertiary/aromatic N) is 1.